The number of benzene rings is 1. The highest BCUT2D eigenvalue weighted by Gasteiger charge is 2.39. The lowest BCUT2D eigenvalue weighted by Gasteiger charge is -2.29. The lowest BCUT2D eigenvalue weighted by atomic mass is 10.2. The van der Waals surface area contributed by atoms with E-state index in [1.54, 1.807) is 6.07 Å². The summed E-state index contributed by atoms with van der Waals surface area (Å²) < 4.78 is 62.5. The Hall–Kier alpha value is -1.36. The molecule has 1 aromatic carbocycles. The molecule has 1 atom stereocenters. The maximum atomic E-state index is 13.2. The third-order valence-corrected chi connectivity index (χ3v) is 8.20. The third-order valence-electron chi connectivity index (χ3n) is 4.50. The molecule has 0 radical (unpaired) electrons. The van der Waals surface area contributed by atoms with Crippen LogP contribution < -0.4 is 9.47 Å². The average molecular weight is 405 g/mol. The highest BCUT2D eigenvalue weighted by molar-refractivity contribution is 7.92. The van der Waals surface area contributed by atoms with Crippen molar-refractivity contribution in [1.29, 1.82) is 0 Å². The Labute approximate surface area is 154 Å². The Morgan fingerprint density at radius 3 is 2.42 bits per heavy atom. The van der Waals surface area contributed by atoms with E-state index in [9.17, 15) is 16.8 Å². The van der Waals surface area contributed by atoms with Gasteiger partial charge in [-0.05, 0) is 32.6 Å². The van der Waals surface area contributed by atoms with E-state index in [1.807, 2.05) is 19.0 Å². The molecule has 1 saturated heterocycles. The zero-order valence-corrected chi connectivity index (χ0v) is 16.6. The van der Waals surface area contributed by atoms with Crippen LogP contribution in [0.2, 0.25) is 0 Å². The summed E-state index contributed by atoms with van der Waals surface area (Å²) in [6.07, 6.45) is 0.319. The van der Waals surface area contributed by atoms with Gasteiger partial charge >= 0.3 is 0 Å². The molecule has 10 heteroatoms. The first-order valence-corrected chi connectivity index (χ1v) is 11.7. The first-order chi connectivity index (χ1) is 12.2. The Balaban J connectivity index is 1.93. The normalized spacial score (nSPS) is 22.1. The lowest BCUT2D eigenvalue weighted by Crippen LogP contribution is -2.44. The van der Waals surface area contributed by atoms with Crippen LogP contribution in [0, 0.1) is 0 Å². The number of sulfonamides is 1. The van der Waals surface area contributed by atoms with Crippen LogP contribution in [0.3, 0.4) is 0 Å². The van der Waals surface area contributed by atoms with Gasteiger partial charge in [-0.15, -0.1) is 0 Å². The molecule has 2 heterocycles. The largest absolute Gasteiger partial charge is 0.486 e. The minimum Gasteiger partial charge on any atom is -0.486 e. The Morgan fingerprint density at radius 1 is 1.12 bits per heavy atom. The summed E-state index contributed by atoms with van der Waals surface area (Å²) in [4.78, 5) is 1.96. The van der Waals surface area contributed by atoms with Gasteiger partial charge in [0, 0.05) is 25.2 Å². The van der Waals surface area contributed by atoms with Crippen LogP contribution >= 0.6 is 0 Å². The number of likely N-dealkylation sites (N-methyl/N-ethyl adjacent to an activating group) is 1. The minimum atomic E-state index is -3.86. The number of hydrogen-bond donors (Lipinski definition) is 0. The number of hydrogen-bond acceptors (Lipinski definition) is 7. The standard InChI is InChI=1S/C16H24N2O6S2/c1-17(2)6-7-18(13-5-10-25(19,20)12-13)26(21,22)14-3-4-15-16(11-14)24-9-8-23-15/h3-4,11,13H,5-10,12H2,1-2H3. The first kappa shape index (κ1) is 19.4. The summed E-state index contributed by atoms with van der Waals surface area (Å²) in [7, 11) is -3.36. The highest BCUT2D eigenvalue weighted by atomic mass is 32.2. The molecule has 0 spiro atoms. The summed E-state index contributed by atoms with van der Waals surface area (Å²) in [5, 5.41) is 0. The van der Waals surface area contributed by atoms with E-state index >= 15 is 0 Å². The number of nitrogens with zero attached hydrogens (tertiary/aromatic N) is 2. The van der Waals surface area contributed by atoms with Gasteiger partial charge in [-0.1, -0.05) is 0 Å². The maximum absolute atomic E-state index is 13.2. The van der Waals surface area contributed by atoms with Gasteiger partial charge in [-0.2, -0.15) is 4.31 Å². The zero-order chi connectivity index (χ0) is 18.9. The first-order valence-electron chi connectivity index (χ1n) is 8.46. The molecule has 0 saturated carbocycles. The van der Waals surface area contributed by atoms with Crippen LogP contribution in [-0.2, 0) is 19.9 Å². The molecule has 2 aliphatic heterocycles. The van der Waals surface area contributed by atoms with Crippen LogP contribution in [0.15, 0.2) is 23.1 Å². The molecular formula is C16H24N2O6S2. The van der Waals surface area contributed by atoms with E-state index < -0.39 is 25.9 Å². The van der Waals surface area contributed by atoms with Crippen molar-refractivity contribution in [2.45, 2.75) is 17.4 Å². The summed E-state index contributed by atoms with van der Waals surface area (Å²) in [5.41, 5.74) is 0. The summed E-state index contributed by atoms with van der Waals surface area (Å²) in [5.74, 6) is 0.791. The van der Waals surface area contributed by atoms with Crippen LogP contribution in [-0.4, -0.2) is 84.0 Å². The van der Waals surface area contributed by atoms with Crippen molar-refractivity contribution in [3.05, 3.63) is 18.2 Å². The fraction of sp³-hybridized carbons (Fsp3) is 0.625. The van der Waals surface area contributed by atoms with Crippen LogP contribution in [0.1, 0.15) is 6.42 Å². The number of sulfone groups is 1. The molecule has 1 fully saturated rings. The van der Waals surface area contributed by atoms with Gasteiger partial charge in [0.05, 0.1) is 16.4 Å². The van der Waals surface area contributed by atoms with Gasteiger partial charge in [0.25, 0.3) is 0 Å². The van der Waals surface area contributed by atoms with E-state index in [0.717, 1.165) is 0 Å². The number of ether oxygens (including phenoxy) is 2. The molecule has 146 valence electrons. The number of rotatable bonds is 6. The van der Waals surface area contributed by atoms with Gasteiger partial charge in [0.2, 0.25) is 10.0 Å². The lowest BCUT2D eigenvalue weighted by molar-refractivity contribution is 0.171. The van der Waals surface area contributed by atoms with Crippen LogP contribution in [0.25, 0.3) is 0 Å². The summed E-state index contributed by atoms with van der Waals surface area (Å²) in [6, 6.07) is 3.97. The molecular weight excluding hydrogens is 380 g/mol. The molecule has 0 aromatic heterocycles. The van der Waals surface area contributed by atoms with Crippen LogP contribution in [0.5, 0.6) is 11.5 Å². The molecule has 26 heavy (non-hydrogen) atoms. The maximum Gasteiger partial charge on any atom is 0.243 e. The van der Waals surface area contributed by atoms with Gasteiger partial charge < -0.3 is 14.4 Å². The molecule has 0 N–H and O–H groups in total. The quantitative estimate of drug-likeness (QED) is 0.668. The monoisotopic (exact) mass is 404 g/mol. The second kappa shape index (κ2) is 7.34. The summed E-state index contributed by atoms with van der Waals surface area (Å²) in [6.45, 7) is 1.51. The van der Waals surface area contributed by atoms with Crippen molar-refractivity contribution < 1.29 is 26.3 Å². The topological polar surface area (TPSA) is 93.2 Å². The average Bonchev–Trinajstić information content (AvgIpc) is 2.93. The molecule has 2 aliphatic rings. The molecule has 0 amide bonds. The highest BCUT2D eigenvalue weighted by Crippen LogP contribution is 2.34. The summed E-state index contributed by atoms with van der Waals surface area (Å²) >= 11 is 0. The molecule has 0 aliphatic carbocycles. The van der Waals surface area contributed by atoms with Crippen molar-refractivity contribution in [1.82, 2.24) is 9.21 Å². The van der Waals surface area contributed by atoms with Crippen molar-refractivity contribution in [2.24, 2.45) is 0 Å². The Morgan fingerprint density at radius 2 is 1.81 bits per heavy atom. The second-order valence-corrected chi connectivity index (χ2v) is 10.9. The minimum absolute atomic E-state index is 0.0206. The van der Waals surface area contributed by atoms with E-state index in [0.29, 0.717) is 37.7 Å². The predicted molar refractivity (Wildman–Crippen MR) is 96.9 cm³/mol. The van der Waals surface area contributed by atoms with Gasteiger partial charge in [0.15, 0.2) is 21.3 Å². The van der Waals surface area contributed by atoms with Crippen molar-refractivity contribution in [3.8, 4) is 11.5 Å². The second-order valence-electron chi connectivity index (χ2n) is 6.78. The SMILES string of the molecule is CN(C)CCN(C1CCS(=O)(=O)C1)S(=O)(=O)c1ccc2c(c1)OCCO2. The van der Waals surface area contributed by atoms with Gasteiger partial charge in [-0.3, -0.25) is 0 Å². The third kappa shape index (κ3) is 4.13. The zero-order valence-electron chi connectivity index (χ0n) is 14.9. The fourth-order valence-electron chi connectivity index (χ4n) is 3.12. The smallest absolute Gasteiger partial charge is 0.243 e. The molecule has 1 unspecified atom stereocenters. The molecule has 3 rings (SSSR count). The van der Waals surface area contributed by atoms with Gasteiger partial charge in [-0.25, -0.2) is 16.8 Å². The van der Waals surface area contributed by atoms with Crippen LogP contribution in [0.4, 0.5) is 0 Å². The number of fused-ring (bicyclic) bond motifs is 1. The van der Waals surface area contributed by atoms with E-state index in [4.69, 9.17) is 9.47 Å². The molecule has 1 aromatic rings. The molecule has 0 bridgehead atoms. The van der Waals surface area contributed by atoms with Crippen molar-refractivity contribution in [2.75, 3.05) is 51.9 Å². The van der Waals surface area contributed by atoms with E-state index in [1.165, 1.54) is 16.4 Å². The Kier molecular flexibility index (Phi) is 5.48. The predicted octanol–water partition coefficient (Wildman–Crippen LogP) is 0.197. The Bertz CT molecular complexity index is 867. The fourth-order valence-corrected chi connectivity index (χ4v) is 6.61. The van der Waals surface area contributed by atoms with Crippen molar-refractivity contribution >= 4 is 19.9 Å². The van der Waals surface area contributed by atoms with E-state index in [2.05, 4.69) is 0 Å². The van der Waals surface area contributed by atoms with Gasteiger partial charge in [0.1, 0.15) is 13.2 Å². The van der Waals surface area contributed by atoms with E-state index in [-0.39, 0.29) is 22.9 Å². The molecule has 8 nitrogen and oxygen atoms in total. The van der Waals surface area contributed by atoms with Crippen molar-refractivity contribution in [3.63, 3.8) is 0 Å².